The van der Waals surface area contributed by atoms with E-state index in [1.54, 1.807) is 6.20 Å². The molecule has 0 spiro atoms. The molecular weight excluding hydrogens is 260 g/mol. The lowest BCUT2D eigenvalue weighted by Crippen LogP contribution is -2.24. The van der Waals surface area contributed by atoms with Gasteiger partial charge in [0.1, 0.15) is 5.52 Å². The molecule has 0 unspecified atom stereocenters. The van der Waals surface area contributed by atoms with Gasteiger partial charge in [-0.25, -0.2) is 9.97 Å². The van der Waals surface area contributed by atoms with Gasteiger partial charge in [-0.3, -0.25) is 4.57 Å². The molecule has 2 aromatic heterocycles. The molecule has 4 nitrogen and oxygen atoms in total. The van der Waals surface area contributed by atoms with E-state index in [9.17, 15) is 0 Å². The summed E-state index contributed by atoms with van der Waals surface area (Å²) in [6.45, 7) is 4.66. The molecule has 0 amide bonds. The zero-order valence-electron chi connectivity index (χ0n) is 11.4. The van der Waals surface area contributed by atoms with Crippen LogP contribution < -0.4 is 5.73 Å². The van der Waals surface area contributed by atoms with Gasteiger partial charge in [-0.05, 0) is 37.2 Å². The first-order valence-corrected chi connectivity index (χ1v) is 7.13. The van der Waals surface area contributed by atoms with Crippen LogP contribution in [0.2, 0.25) is 5.02 Å². The lowest BCUT2D eigenvalue weighted by atomic mass is 9.75. The standard InChI is InChI=1S/C14H19ClN4/c1-14(2)5-3-10(4-6-14)19-12-11(18-13(19)16)7-9(15)8-17-12/h7-8,10H,3-6H2,1-2H3,(H2,16,18). The second kappa shape index (κ2) is 4.37. The maximum atomic E-state index is 6.07. The van der Waals surface area contributed by atoms with Gasteiger partial charge < -0.3 is 5.73 Å². The van der Waals surface area contributed by atoms with E-state index >= 15 is 0 Å². The molecule has 1 fully saturated rings. The maximum Gasteiger partial charge on any atom is 0.202 e. The highest BCUT2D eigenvalue weighted by Crippen LogP contribution is 2.41. The molecule has 0 atom stereocenters. The number of rotatable bonds is 1. The minimum Gasteiger partial charge on any atom is -0.369 e. The van der Waals surface area contributed by atoms with Crippen LogP contribution in [-0.2, 0) is 0 Å². The fraction of sp³-hybridized carbons (Fsp3) is 0.571. The number of hydrogen-bond acceptors (Lipinski definition) is 3. The van der Waals surface area contributed by atoms with Crippen LogP contribution in [0.4, 0.5) is 5.95 Å². The van der Waals surface area contributed by atoms with Gasteiger partial charge in [0.05, 0.1) is 5.02 Å². The first-order chi connectivity index (χ1) is 8.96. The average molecular weight is 279 g/mol. The Morgan fingerprint density at radius 3 is 2.74 bits per heavy atom. The minimum atomic E-state index is 0.409. The molecule has 2 aromatic rings. The number of nitrogens with zero attached hydrogens (tertiary/aromatic N) is 3. The van der Waals surface area contributed by atoms with Gasteiger partial charge >= 0.3 is 0 Å². The van der Waals surface area contributed by atoms with Crippen LogP contribution in [0, 0.1) is 5.41 Å². The number of hydrogen-bond donors (Lipinski definition) is 1. The van der Waals surface area contributed by atoms with E-state index in [1.807, 2.05) is 6.07 Å². The third kappa shape index (κ3) is 2.29. The summed E-state index contributed by atoms with van der Waals surface area (Å²) in [6.07, 6.45) is 6.35. The highest BCUT2D eigenvalue weighted by atomic mass is 35.5. The van der Waals surface area contributed by atoms with E-state index in [2.05, 4.69) is 28.4 Å². The Morgan fingerprint density at radius 2 is 2.05 bits per heavy atom. The van der Waals surface area contributed by atoms with Gasteiger partial charge in [0.25, 0.3) is 0 Å². The normalized spacial score (nSPS) is 19.9. The summed E-state index contributed by atoms with van der Waals surface area (Å²) < 4.78 is 2.08. The molecule has 1 saturated carbocycles. The van der Waals surface area contributed by atoms with E-state index in [1.165, 1.54) is 12.8 Å². The quantitative estimate of drug-likeness (QED) is 0.863. The third-order valence-corrected chi connectivity index (χ3v) is 4.40. The number of nitrogens with two attached hydrogens (primary N) is 1. The molecule has 2 heterocycles. The van der Waals surface area contributed by atoms with Crippen LogP contribution >= 0.6 is 11.6 Å². The van der Waals surface area contributed by atoms with E-state index in [4.69, 9.17) is 17.3 Å². The number of fused-ring (bicyclic) bond motifs is 1. The van der Waals surface area contributed by atoms with E-state index in [0.717, 1.165) is 24.0 Å². The van der Waals surface area contributed by atoms with Crippen LogP contribution in [0.15, 0.2) is 12.3 Å². The molecule has 102 valence electrons. The van der Waals surface area contributed by atoms with E-state index in [-0.39, 0.29) is 0 Å². The first kappa shape index (κ1) is 12.7. The predicted octanol–water partition coefficient (Wildman–Crippen LogP) is 3.81. The molecule has 1 aliphatic carbocycles. The number of imidazole rings is 1. The average Bonchev–Trinajstić information content (AvgIpc) is 2.65. The number of nitrogen functional groups attached to an aromatic ring is 1. The minimum absolute atomic E-state index is 0.409. The van der Waals surface area contributed by atoms with Crippen molar-refractivity contribution in [3.63, 3.8) is 0 Å². The third-order valence-electron chi connectivity index (χ3n) is 4.20. The maximum absolute atomic E-state index is 6.07. The SMILES string of the molecule is CC1(C)CCC(n2c(N)nc3cc(Cl)cnc32)CC1. The van der Waals surface area contributed by atoms with Gasteiger partial charge in [-0.2, -0.15) is 0 Å². The molecule has 0 radical (unpaired) electrons. The summed E-state index contributed by atoms with van der Waals surface area (Å²) in [5.41, 5.74) is 8.15. The molecule has 0 aromatic carbocycles. The van der Waals surface area contributed by atoms with Crippen molar-refractivity contribution in [1.29, 1.82) is 0 Å². The van der Waals surface area contributed by atoms with Crippen molar-refractivity contribution in [2.24, 2.45) is 5.41 Å². The topological polar surface area (TPSA) is 56.7 Å². The van der Waals surface area contributed by atoms with Crippen LogP contribution in [-0.4, -0.2) is 14.5 Å². The zero-order valence-corrected chi connectivity index (χ0v) is 12.1. The zero-order chi connectivity index (χ0) is 13.6. The lowest BCUT2D eigenvalue weighted by molar-refractivity contribution is 0.196. The Bertz CT molecular complexity index is 607. The molecule has 1 aliphatic rings. The Hall–Kier alpha value is -1.29. The first-order valence-electron chi connectivity index (χ1n) is 6.75. The number of halogens is 1. The number of pyridine rings is 1. The largest absolute Gasteiger partial charge is 0.369 e. The fourth-order valence-corrected chi connectivity index (χ4v) is 3.13. The second-order valence-corrected chi connectivity index (χ2v) is 6.67. The van der Waals surface area contributed by atoms with Gasteiger partial charge in [0, 0.05) is 12.2 Å². The molecule has 0 saturated heterocycles. The van der Waals surface area contributed by atoms with Crippen LogP contribution in [0.3, 0.4) is 0 Å². The summed E-state index contributed by atoms with van der Waals surface area (Å²) in [7, 11) is 0. The van der Waals surface area contributed by atoms with Crippen molar-refractivity contribution in [2.75, 3.05) is 5.73 Å². The Morgan fingerprint density at radius 1 is 1.37 bits per heavy atom. The summed E-state index contributed by atoms with van der Waals surface area (Å²) in [6, 6.07) is 2.23. The molecule has 19 heavy (non-hydrogen) atoms. The van der Waals surface area contributed by atoms with E-state index in [0.29, 0.717) is 22.4 Å². The highest BCUT2D eigenvalue weighted by Gasteiger charge is 2.29. The molecule has 5 heteroatoms. The monoisotopic (exact) mass is 278 g/mol. The van der Waals surface area contributed by atoms with Gasteiger partial charge in [0.2, 0.25) is 5.95 Å². The van der Waals surface area contributed by atoms with Crippen molar-refractivity contribution in [1.82, 2.24) is 14.5 Å². The Balaban J connectivity index is 1.99. The summed E-state index contributed by atoms with van der Waals surface area (Å²) in [4.78, 5) is 8.78. The molecule has 2 N–H and O–H groups in total. The van der Waals surface area contributed by atoms with Gasteiger partial charge in [-0.1, -0.05) is 25.4 Å². The van der Waals surface area contributed by atoms with Crippen LogP contribution in [0.25, 0.3) is 11.2 Å². The van der Waals surface area contributed by atoms with Crippen molar-refractivity contribution in [2.45, 2.75) is 45.6 Å². The van der Waals surface area contributed by atoms with Gasteiger partial charge in [0.15, 0.2) is 5.65 Å². The smallest absolute Gasteiger partial charge is 0.202 e. The molecular formula is C14H19ClN4. The second-order valence-electron chi connectivity index (χ2n) is 6.23. The van der Waals surface area contributed by atoms with Crippen molar-refractivity contribution >= 4 is 28.7 Å². The van der Waals surface area contributed by atoms with Gasteiger partial charge in [-0.15, -0.1) is 0 Å². The molecule has 3 rings (SSSR count). The molecule has 0 aliphatic heterocycles. The Kier molecular flexibility index (Phi) is 2.93. The summed E-state index contributed by atoms with van der Waals surface area (Å²) in [5.74, 6) is 0.550. The Labute approximate surface area is 118 Å². The van der Waals surface area contributed by atoms with Crippen LogP contribution in [0.5, 0.6) is 0 Å². The van der Waals surface area contributed by atoms with Crippen LogP contribution in [0.1, 0.15) is 45.6 Å². The predicted molar refractivity (Wildman–Crippen MR) is 78.2 cm³/mol. The summed E-state index contributed by atoms with van der Waals surface area (Å²) in [5, 5.41) is 0.599. The highest BCUT2D eigenvalue weighted by molar-refractivity contribution is 6.31. The van der Waals surface area contributed by atoms with Crippen molar-refractivity contribution in [3.8, 4) is 0 Å². The number of aromatic nitrogens is 3. The van der Waals surface area contributed by atoms with E-state index < -0.39 is 0 Å². The molecule has 0 bridgehead atoms. The number of anilines is 1. The van der Waals surface area contributed by atoms with Crippen molar-refractivity contribution < 1.29 is 0 Å². The van der Waals surface area contributed by atoms with Crippen molar-refractivity contribution in [3.05, 3.63) is 17.3 Å². The lowest BCUT2D eigenvalue weighted by Gasteiger charge is -2.35. The fourth-order valence-electron chi connectivity index (χ4n) is 2.98. The summed E-state index contributed by atoms with van der Waals surface area (Å²) >= 11 is 5.95.